The van der Waals surface area contributed by atoms with Crippen LogP contribution in [0.3, 0.4) is 0 Å². The van der Waals surface area contributed by atoms with Crippen LogP contribution in [-0.2, 0) is 4.74 Å². The summed E-state index contributed by atoms with van der Waals surface area (Å²) in [5.41, 5.74) is 0.156. The van der Waals surface area contributed by atoms with E-state index < -0.39 is 0 Å². The van der Waals surface area contributed by atoms with Gasteiger partial charge in [-0.3, -0.25) is 0 Å². The van der Waals surface area contributed by atoms with Crippen LogP contribution in [-0.4, -0.2) is 37.2 Å². The molecule has 1 fully saturated rings. The van der Waals surface area contributed by atoms with E-state index in [0.29, 0.717) is 6.04 Å². The molecule has 1 rings (SSSR count). The highest BCUT2D eigenvalue weighted by atomic mass is 16.6. The van der Waals surface area contributed by atoms with E-state index in [1.807, 2.05) is 0 Å². The maximum atomic E-state index is 5.61. The second-order valence-electron chi connectivity index (χ2n) is 6.70. The molecule has 2 unspecified atom stereocenters. The minimum Gasteiger partial charge on any atom is -0.368 e. The van der Waals surface area contributed by atoms with Crippen molar-refractivity contribution >= 4 is 0 Å². The highest BCUT2D eigenvalue weighted by molar-refractivity contribution is 4.98. The Hall–Kier alpha value is -0.0800. The zero-order chi connectivity index (χ0) is 14.1. The molecule has 19 heavy (non-hydrogen) atoms. The molecular formula is C17H35NO. The average molecular weight is 269 g/mol. The van der Waals surface area contributed by atoms with Crippen LogP contribution in [0.5, 0.6) is 0 Å². The van der Waals surface area contributed by atoms with Gasteiger partial charge in [-0.1, -0.05) is 64.7 Å². The van der Waals surface area contributed by atoms with Gasteiger partial charge in [-0.15, -0.1) is 0 Å². The largest absolute Gasteiger partial charge is 0.368 e. The van der Waals surface area contributed by atoms with E-state index >= 15 is 0 Å². The number of likely N-dealkylation sites (N-methyl/N-ethyl adjacent to an activating group) is 1. The van der Waals surface area contributed by atoms with Crippen molar-refractivity contribution in [3.63, 3.8) is 0 Å². The Balaban J connectivity index is 1.95. The Morgan fingerprint density at radius 2 is 1.42 bits per heavy atom. The van der Waals surface area contributed by atoms with Gasteiger partial charge in [0, 0.05) is 6.04 Å². The van der Waals surface area contributed by atoms with E-state index in [1.54, 1.807) is 0 Å². The van der Waals surface area contributed by atoms with Crippen molar-refractivity contribution in [2.75, 3.05) is 20.7 Å². The van der Waals surface area contributed by atoms with Gasteiger partial charge in [0.15, 0.2) is 0 Å². The molecule has 1 saturated heterocycles. The quantitative estimate of drug-likeness (QED) is 0.379. The summed E-state index contributed by atoms with van der Waals surface area (Å²) in [6.45, 7) is 5.49. The molecule has 2 heteroatoms. The highest BCUT2D eigenvalue weighted by Gasteiger charge is 2.47. The van der Waals surface area contributed by atoms with Crippen LogP contribution in [0.2, 0.25) is 0 Å². The predicted molar refractivity (Wildman–Crippen MR) is 83.7 cm³/mol. The Kier molecular flexibility index (Phi) is 8.01. The second-order valence-corrected chi connectivity index (χ2v) is 6.70. The fraction of sp³-hybridized carbons (Fsp3) is 1.00. The van der Waals surface area contributed by atoms with Crippen molar-refractivity contribution in [1.29, 1.82) is 0 Å². The topological polar surface area (TPSA) is 15.8 Å². The lowest BCUT2D eigenvalue weighted by molar-refractivity contribution is 0.154. The first kappa shape index (κ1) is 17.0. The molecule has 1 aliphatic heterocycles. The number of nitrogens with zero attached hydrogens (tertiary/aromatic N) is 1. The molecule has 0 bridgehead atoms. The Morgan fingerprint density at radius 3 is 1.84 bits per heavy atom. The lowest BCUT2D eigenvalue weighted by atomic mass is 9.95. The first-order chi connectivity index (χ1) is 9.10. The number of hydrogen-bond acceptors (Lipinski definition) is 2. The van der Waals surface area contributed by atoms with Gasteiger partial charge in [0.2, 0.25) is 0 Å². The molecule has 0 aromatic carbocycles. The van der Waals surface area contributed by atoms with Gasteiger partial charge in [0.05, 0.1) is 6.61 Å². The van der Waals surface area contributed by atoms with Crippen molar-refractivity contribution in [3.05, 3.63) is 0 Å². The van der Waals surface area contributed by atoms with Gasteiger partial charge in [-0.05, 0) is 27.4 Å². The van der Waals surface area contributed by atoms with Crippen molar-refractivity contribution < 1.29 is 4.74 Å². The number of ether oxygens (including phenoxy) is 1. The molecule has 2 nitrogen and oxygen atoms in total. The Labute approximate surface area is 120 Å². The third-order valence-electron chi connectivity index (χ3n) is 4.51. The molecule has 0 saturated carbocycles. The molecule has 0 aliphatic carbocycles. The van der Waals surface area contributed by atoms with Gasteiger partial charge in [-0.2, -0.15) is 0 Å². The summed E-state index contributed by atoms with van der Waals surface area (Å²) < 4.78 is 5.61. The summed E-state index contributed by atoms with van der Waals surface area (Å²) in [6.07, 6.45) is 14.0. The lowest BCUT2D eigenvalue weighted by Gasteiger charge is -2.27. The third kappa shape index (κ3) is 6.76. The standard InChI is InChI=1S/C17H35NO/c1-5-6-7-8-9-10-11-12-13-14-16(18(3)4)17(2)15-19-17/h16H,5-15H2,1-4H3. The van der Waals surface area contributed by atoms with E-state index in [1.165, 1.54) is 64.2 Å². The van der Waals surface area contributed by atoms with Crippen molar-refractivity contribution in [1.82, 2.24) is 4.90 Å². The van der Waals surface area contributed by atoms with E-state index in [-0.39, 0.29) is 5.60 Å². The Morgan fingerprint density at radius 1 is 0.947 bits per heavy atom. The average Bonchev–Trinajstić information content (AvgIpc) is 3.10. The molecule has 0 aromatic rings. The fourth-order valence-electron chi connectivity index (χ4n) is 3.06. The summed E-state index contributed by atoms with van der Waals surface area (Å²) in [4.78, 5) is 2.34. The molecule has 2 atom stereocenters. The summed E-state index contributed by atoms with van der Waals surface area (Å²) >= 11 is 0. The van der Waals surface area contributed by atoms with E-state index in [4.69, 9.17) is 4.74 Å². The predicted octanol–water partition coefficient (Wildman–Crippen LogP) is 4.63. The fourth-order valence-corrected chi connectivity index (χ4v) is 3.06. The minimum absolute atomic E-state index is 0.156. The van der Waals surface area contributed by atoms with Crippen molar-refractivity contribution in [2.45, 2.75) is 89.7 Å². The van der Waals surface area contributed by atoms with Gasteiger partial charge >= 0.3 is 0 Å². The number of rotatable bonds is 12. The molecule has 0 spiro atoms. The number of epoxide rings is 1. The van der Waals surface area contributed by atoms with Gasteiger partial charge in [0.25, 0.3) is 0 Å². The van der Waals surface area contributed by atoms with Crippen LogP contribution in [0.25, 0.3) is 0 Å². The minimum atomic E-state index is 0.156. The number of unbranched alkanes of at least 4 members (excludes halogenated alkanes) is 8. The summed E-state index contributed by atoms with van der Waals surface area (Å²) in [6, 6.07) is 0.608. The molecule has 1 aliphatic rings. The molecule has 0 N–H and O–H groups in total. The van der Waals surface area contributed by atoms with Gasteiger partial charge in [0.1, 0.15) is 5.60 Å². The molecular weight excluding hydrogens is 234 g/mol. The molecule has 0 amide bonds. The van der Waals surface area contributed by atoms with Crippen molar-refractivity contribution in [3.8, 4) is 0 Å². The molecule has 114 valence electrons. The maximum absolute atomic E-state index is 5.61. The second kappa shape index (κ2) is 8.97. The molecule has 1 heterocycles. The van der Waals surface area contributed by atoms with Gasteiger partial charge in [-0.25, -0.2) is 0 Å². The van der Waals surface area contributed by atoms with E-state index in [2.05, 4.69) is 32.8 Å². The Bertz CT molecular complexity index is 223. The van der Waals surface area contributed by atoms with E-state index in [9.17, 15) is 0 Å². The smallest absolute Gasteiger partial charge is 0.104 e. The van der Waals surface area contributed by atoms with Crippen LogP contribution < -0.4 is 0 Å². The number of hydrogen-bond donors (Lipinski definition) is 0. The van der Waals surface area contributed by atoms with Crippen LogP contribution in [0.15, 0.2) is 0 Å². The zero-order valence-electron chi connectivity index (χ0n) is 13.7. The zero-order valence-corrected chi connectivity index (χ0v) is 13.7. The first-order valence-electron chi connectivity index (χ1n) is 8.40. The summed E-state index contributed by atoms with van der Waals surface area (Å²) in [7, 11) is 4.37. The third-order valence-corrected chi connectivity index (χ3v) is 4.51. The van der Waals surface area contributed by atoms with Gasteiger partial charge < -0.3 is 9.64 Å². The normalized spacial score (nSPS) is 23.8. The summed E-state index contributed by atoms with van der Waals surface area (Å²) in [5, 5.41) is 0. The highest BCUT2D eigenvalue weighted by Crippen LogP contribution is 2.35. The summed E-state index contributed by atoms with van der Waals surface area (Å²) in [5.74, 6) is 0. The lowest BCUT2D eigenvalue weighted by Crippen LogP contribution is -2.39. The van der Waals surface area contributed by atoms with Crippen molar-refractivity contribution in [2.24, 2.45) is 0 Å². The monoisotopic (exact) mass is 269 g/mol. The SMILES string of the molecule is CCCCCCCCCCCC(N(C)C)C1(C)CO1. The van der Waals surface area contributed by atoms with Crippen LogP contribution in [0, 0.1) is 0 Å². The van der Waals surface area contributed by atoms with Crippen LogP contribution in [0.4, 0.5) is 0 Å². The molecule has 0 aromatic heterocycles. The first-order valence-corrected chi connectivity index (χ1v) is 8.40. The van der Waals surface area contributed by atoms with E-state index in [0.717, 1.165) is 6.61 Å². The van der Waals surface area contributed by atoms with Crippen LogP contribution in [0.1, 0.15) is 78.1 Å². The molecule has 0 radical (unpaired) electrons. The van der Waals surface area contributed by atoms with Crippen LogP contribution >= 0.6 is 0 Å². The maximum Gasteiger partial charge on any atom is 0.104 e.